The summed E-state index contributed by atoms with van der Waals surface area (Å²) in [5.74, 6) is 1.55. The molecule has 2 rings (SSSR count). The van der Waals surface area contributed by atoms with Crippen molar-refractivity contribution in [2.45, 2.75) is 58.5 Å². The Kier molecular flexibility index (Phi) is 3.58. The van der Waals surface area contributed by atoms with E-state index in [4.69, 9.17) is 0 Å². The first-order chi connectivity index (χ1) is 8.00. The zero-order valence-corrected chi connectivity index (χ0v) is 11.4. The summed E-state index contributed by atoms with van der Waals surface area (Å²) in [6.45, 7) is 8.86. The van der Waals surface area contributed by atoms with Gasteiger partial charge >= 0.3 is 0 Å². The molecule has 1 aliphatic carbocycles. The number of aliphatic hydroxyl groups excluding tert-OH is 1. The van der Waals surface area contributed by atoms with Crippen molar-refractivity contribution < 1.29 is 5.11 Å². The lowest BCUT2D eigenvalue weighted by molar-refractivity contribution is 0.152. The molecular formula is C16H24O. The number of hydrogen-bond donors (Lipinski definition) is 1. The molecule has 1 nitrogen and oxygen atoms in total. The molecule has 1 saturated carbocycles. The highest BCUT2D eigenvalue weighted by Gasteiger charge is 2.32. The van der Waals surface area contributed by atoms with Crippen molar-refractivity contribution in [2.24, 2.45) is 5.92 Å². The maximum atomic E-state index is 10.3. The Morgan fingerprint density at radius 1 is 1.00 bits per heavy atom. The van der Waals surface area contributed by atoms with Gasteiger partial charge in [0.1, 0.15) is 0 Å². The standard InChI is InChI=1S/C16H24O/c1-10(2)13-7-8-14(15(9-13)11(3)4)16(17)12-5-6-12/h7-12,16-17H,5-6H2,1-4H3. The molecule has 0 saturated heterocycles. The van der Waals surface area contributed by atoms with Gasteiger partial charge in [-0.25, -0.2) is 0 Å². The SMILES string of the molecule is CC(C)c1ccc(C(O)C2CC2)c(C(C)C)c1. The third-order valence-electron chi connectivity index (χ3n) is 3.79. The normalized spacial score (nSPS) is 17.8. The molecular weight excluding hydrogens is 208 g/mol. The minimum atomic E-state index is -0.242. The number of hydrogen-bond acceptors (Lipinski definition) is 1. The first-order valence-corrected chi connectivity index (χ1v) is 6.82. The molecule has 0 aromatic heterocycles. The van der Waals surface area contributed by atoms with Crippen molar-refractivity contribution in [1.82, 2.24) is 0 Å². The third-order valence-corrected chi connectivity index (χ3v) is 3.79. The Hall–Kier alpha value is -0.820. The second kappa shape index (κ2) is 4.81. The van der Waals surface area contributed by atoms with Gasteiger partial charge in [0.05, 0.1) is 6.10 Å². The van der Waals surface area contributed by atoms with Crippen molar-refractivity contribution in [3.05, 3.63) is 34.9 Å². The Bertz CT molecular complexity index is 389. The van der Waals surface area contributed by atoms with E-state index in [-0.39, 0.29) is 6.10 Å². The summed E-state index contributed by atoms with van der Waals surface area (Å²) in [5.41, 5.74) is 3.86. The molecule has 1 fully saturated rings. The minimum absolute atomic E-state index is 0.242. The predicted octanol–water partition coefficient (Wildman–Crippen LogP) is 4.38. The van der Waals surface area contributed by atoms with E-state index in [1.807, 2.05) is 0 Å². The van der Waals surface area contributed by atoms with Gasteiger partial charge in [-0.15, -0.1) is 0 Å². The fourth-order valence-electron chi connectivity index (χ4n) is 2.39. The molecule has 0 spiro atoms. The van der Waals surface area contributed by atoms with Crippen LogP contribution < -0.4 is 0 Å². The van der Waals surface area contributed by atoms with Gasteiger partial charge in [0, 0.05) is 0 Å². The van der Waals surface area contributed by atoms with Crippen LogP contribution in [0.4, 0.5) is 0 Å². The first kappa shape index (κ1) is 12.6. The Morgan fingerprint density at radius 3 is 2.12 bits per heavy atom. The Labute approximate surface area is 105 Å². The van der Waals surface area contributed by atoms with Crippen LogP contribution in [0.5, 0.6) is 0 Å². The van der Waals surface area contributed by atoms with Crippen LogP contribution in [0.15, 0.2) is 18.2 Å². The highest BCUT2D eigenvalue weighted by Crippen LogP contribution is 2.43. The highest BCUT2D eigenvalue weighted by molar-refractivity contribution is 5.37. The molecule has 1 atom stereocenters. The van der Waals surface area contributed by atoms with Gasteiger partial charge < -0.3 is 5.11 Å². The first-order valence-electron chi connectivity index (χ1n) is 6.82. The summed E-state index contributed by atoms with van der Waals surface area (Å²) in [6.07, 6.45) is 2.13. The smallest absolute Gasteiger partial charge is 0.0820 e. The summed E-state index contributed by atoms with van der Waals surface area (Å²) < 4.78 is 0. The molecule has 1 aromatic carbocycles. The maximum Gasteiger partial charge on any atom is 0.0820 e. The quantitative estimate of drug-likeness (QED) is 0.817. The molecule has 0 aliphatic heterocycles. The van der Waals surface area contributed by atoms with Gasteiger partial charge in [0.2, 0.25) is 0 Å². The van der Waals surface area contributed by atoms with Crippen molar-refractivity contribution in [1.29, 1.82) is 0 Å². The van der Waals surface area contributed by atoms with Crippen LogP contribution in [0.1, 0.15) is 75.2 Å². The van der Waals surface area contributed by atoms with Crippen LogP contribution in [-0.4, -0.2) is 5.11 Å². The molecule has 0 amide bonds. The van der Waals surface area contributed by atoms with Crippen LogP contribution in [0.3, 0.4) is 0 Å². The van der Waals surface area contributed by atoms with Gasteiger partial charge in [-0.2, -0.15) is 0 Å². The third kappa shape index (κ3) is 2.71. The molecule has 1 aromatic rings. The topological polar surface area (TPSA) is 20.2 Å². The number of rotatable bonds is 4. The highest BCUT2D eigenvalue weighted by atomic mass is 16.3. The molecule has 1 N–H and O–H groups in total. The van der Waals surface area contributed by atoms with E-state index < -0.39 is 0 Å². The molecule has 17 heavy (non-hydrogen) atoms. The largest absolute Gasteiger partial charge is 0.388 e. The zero-order valence-electron chi connectivity index (χ0n) is 11.4. The van der Waals surface area contributed by atoms with Gasteiger partial charge in [0.15, 0.2) is 0 Å². The van der Waals surface area contributed by atoms with E-state index in [1.165, 1.54) is 24.0 Å². The number of aliphatic hydroxyl groups is 1. The van der Waals surface area contributed by atoms with Gasteiger partial charge in [-0.1, -0.05) is 45.9 Å². The summed E-state index contributed by atoms with van der Waals surface area (Å²) >= 11 is 0. The molecule has 94 valence electrons. The molecule has 1 unspecified atom stereocenters. The predicted molar refractivity (Wildman–Crippen MR) is 72.3 cm³/mol. The fourth-order valence-corrected chi connectivity index (χ4v) is 2.39. The molecule has 0 bridgehead atoms. The van der Waals surface area contributed by atoms with E-state index in [0.717, 1.165) is 5.56 Å². The van der Waals surface area contributed by atoms with Gasteiger partial charge in [-0.3, -0.25) is 0 Å². The summed E-state index contributed by atoms with van der Waals surface area (Å²) in [4.78, 5) is 0. The summed E-state index contributed by atoms with van der Waals surface area (Å²) in [6, 6.07) is 6.61. The Morgan fingerprint density at radius 2 is 1.65 bits per heavy atom. The van der Waals surface area contributed by atoms with Crippen LogP contribution in [0.2, 0.25) is 0 Å². The van der Waals surface area contributed by atoms with Crippen molar-refractivity contribution in [2.75, 3.05) is 0 Å². The van der Waals surface area contributed by atoms with E-state index in [9.17, 15) is 5.11 Å². The monoisotopic (exact) mass is 232 g/mol. The van der Waals surface area contributed by atoms with E-state index in [2.05, 4.69) is 45.9 Å². The zero-order chi connectivity index (χ0) is 12.6. The Balaban J connectivity index is 2.36. The lowest BCUT2D eigenvalue weighted by Gasteiger charge is -2.20. The maximum absolute atomic E-state index is 10.3. The molecule has 1 aliphatic rings. The second-order valence-electron chi connectivity index (χ2n) is 5.98. The van der Waals surface area contributed by atoms with Crippen LogP contribution in [0, 0.1) is 5.92 Å². The number of benzene rings is 1. The van der Waals surface area contributed by atoms with Crippen molar-refractivity contribution >= 4 is 0 Å². The van der Waals surface area contributed by atoms with Crippen LogP contribution >= 0.6 is 0 Å². The van der Waals surface area contributed by atoms with E-state index >= 15 is 0 Å². The lowest BCUT2D eigenvalue weighted by atomic mass is 9.88. The minimum Gasteiger partial charge on any atom is -0.388 e. The molecule has 1 heteroatoms. The summed E-state index contributed by atoms with van der Waals surface area (Å²) in [7, 11) is 0. The van der Waals surface area contributed by atoms with Crippen LogP contribution in [-0.2, 0) is 0 Å². The van der Waals surface area contributed by atoms with Crippen LogP contribution in [0.25, 0.3) is 0 Å². The van der Waals surface area contributed by atoms with Crippen molar-refractivity contribution in [3.8, 4) is 0 Å². The summed E-state index contributed by atoms with van der Waals surface area (Å²) in [5, 5.41) is 10.3. The average molecular weight is 232 g/mol. The van der Waals surface area contributed by atoms with Gasteiger partial charge in [0.25, 0.3) is 0 Å². The van der Waals surface area contributed by atoms with E-state index in [1.54, 1.807) is 0 Å². The second-order valence-corrected chi connectivity index (χ2v) is 5.98. The average Bonchev–Trinajstić information content (AvgIpc) is 3.10. The van der Waals surface area contributed by atoms with E-state index in [0.29, 0.717) is 17.8 Å². The lowest BCUT2D eigenvalue weighted by Crippen LogP contribution is -2.06. The fraction of sp³-hybridized carbons (Fsp3) is 0.625. The molecule has 0 heterocycles. The van der Waals surface area contributed by atoms with Gasteiger partial charge in [-0.05, 0) is 47.3 Å². The molecule has 0 radical (unpaired) electrons. The van der Waals surface area contributed by atoms with Crippen molar-refractivity contribution in [3.63, 3.8) is 0 Å².